The van der Waals surface area contributed by atoms with Crippen molar-refractivity contribution in [1.82, 2.24) is 20.3 Å². The van der Waals surface area contributed by atoms with Crippen molar-refractivity contribution in [3.63, 3.8) is 0 Å². The summed E-state index contributed by atoms with van der Waals surface area (Å²) in [5, 5.41) is 11.7. The minimum Gasteiger partial charge on any atom is -0.485 e. The number of methoxy groups -OCH3 is 1. The van der Waals surface area contributed by atoms with Gasteiger partial charge in [-0.05, 0) is 6.07 Å². The number of ether oxygens (including phenoxy) is 2. The normalized spacial score (nSPS) is 10.8. The summed E-state index contributed by atoms with van der Waals surface area (Å²) in [4.78, 5) is 0. The lowest BCUT2D eigenvalue weighted by atomic mass is 10.2. The molecule has 0 spiro atoms. The van der Waals surface area contributed by atoms with Crippen molar-refractivity contribution in [3.8, 4) is 5.75 Å². The van der Waals surface area contributed by atoms with Gasteiger partial charge in [0.05, 0.1) is 17.8 Å². The van der Waals surface area contributed by atoms with Crippen LogP contribution in [0.15, 0.2) is 24.4 Å². The number of nitrogens with one attached hydrogen (secondary N) is 1. The van der Waals surface area contributed by atoms with Crippen LogP contribution < -0.4 is 10.1 Å². The monoisotopic (exact) mass is 310 g/mol. The highest BCUT2D eigenvalue weighted by Crippen LogP contribution is 2.29. The molecule has 21 heavy (non-hydrogen) atoms. The second kappa shape index (κ2) is 7.97. The molecule has 1 heterocycles. The van der Waals surface area contributed by atoms with Crippen LogP contribution in [0.3, 0.4) is 0 Å². The van der Waals surface area contributed by atoms with Crippen LogP contribution in [0, 0.1) is 0 Å². The van der Waals surface area contributed by atoms with Gasteiger partial charge in [-0.1, -0.05) is 28.9 Å². The molecule has 2 aromatic rings. The summed E-state index contributed by atoms with van der Waals surface area (Å²) in [6.07, 6.45) is 1.81. The predicted octanol–water partition coefficient (Wildman–Crippen LogP) is 1.78. The molecule has 0 aliphatic rings. The first-order valence-corrected chi connectivity index (χ1v) is 7.03. The SMILES string of the molecule is COCCNCc1cccc(Cl)c1OCc1cn(C)nn1. The van der Waals surface area contributed by atoms with Gasteiger partial charge >= 0.3 is 0 Å². The van der Waals surface area contributed by atoms with Crippen LogP contribution in [0.1, 0.15) is 11.3 Å². The predicted molar refractivity (Wildman–Crippen MR) is 80.4 cm³/mol. The van der Waals surface area contributed by atoms with Crippen LogP contribution >= 0.6 is 11.6 Å². The number of benzene rings is 1. The third kappa shape index (κ3) is 4.70. The third-order valence-corrected chi connectivity index (χ3v) is 3.16. The maximum atomic E-state index is 6.22. The Morgan fingerprint density at radius 1 is 1.38 bits per heavy atom. The summed E-state index contributed by atoms with van der Waals surface area (Å²) in [6.45, 7) is 2.44. The van der Waals surface area contributed by atoms with Gasteiger partial charge in [-0.3, -0.25) is 4.68 Å². The summed E-state index contributed by atoms with van der Waals surface area (Å²) < 4.78 is 12.4. The molecule has 1 N–H and O–H groups in total. The number of aryl methyl sites for hydroxylation is 1. The quantitative estimate of drug-likeness (QED) is 0.753. The van der Waals surface area contributed by atoms with Crippen LogP contribution in [-0.4, -0.2) is 35.3 Å². The molecule has 0 aliphatic carbocycles. The number of halogens is 1. The number of para-hydroxylation sites is 1. The molecule has 1 aromatic heterocycles. The fourth-order valence-corrected chi connectivity index (χ4v) is 2.11. The van der Waals surface area contributed by atoms with E-state index in [1.165, 1.54) is 0 Å². The summed E-state index contributed by atoms with van der Waals surface area (Å²) in [5.41, 5.74) is 1.76. The molecular weight excluding hydrogens is 292 g/mol. The van der Waals surface area contributed by atoms with E-state index in [-0.39, 0.29) is 0 Å². The smallest absolute Gasteiger partial charge is 0.142 e. The van der Waals surface area contributed by atoms with E-state index in [2.05, 4.69) is 15.6 Å². The van der Waals surface area contributed by atoms with Crippen molar-refractivity contribution in [1.29, 1.82) is 0 Å². The van der Waals surface area contributed by atoms with Crippen LogP contribution in [0.25, 0.3) is 0 Å². The zero-order valence-corrected chi connectivity index (χ0v) is 12.9. The zero-order valence-electron chi connectivity index (χ0n) is 12.2. The van der Waals surface area contributed by atoms with Gasteiger partial charge in [0.2, 0.25) is 0 Å². The lowest BCUT2D eigenvalue weighted by molar-refractivity contribution is 0.199. The van der Waals surface area contributed by atoms with Crippen molar-refractivity contribution < 1.29 is 9.47 Å². The van der Waals surface area contributed by atoms with Gasteiger partial charge in [0, 0.05) is 32.8 Å². The Balaban J connectivity index is 1.99. The first kappa shape index (κ1) is 15.8. The Kier molecular flexibility index (Phi) is 5.98. The number of hydrogen-bond acceptors (Lipinski definition) is 5. The van der Waals surface area contributed by atoms with Gasteiger partial charge in [0.1, 0.15) is 18.1 Å². The average molecular weight is 311 g/mol. The maximum Gasteiger partial charge on any atom is 0.142 e. The van der Waals surface area contributed by atoms with Gasteiger partial charge < -0.3 is 14.8 Å². The Morgan fingerprint density at radius 2 is 2.24 bits per heavy atom. The van der Waals surface area contributed by atoms with Crippen molar-refractivity contribution >= 4 is 11.6 Å². The minimum absolute atomic E-state index is 0.336. The maximum absolute atomic E-state index is 6.22. The largest absolute Gasteiger partial charge is 0.485 e. The number of nitrogens with zero attached hydrogens (tertiary/aromatic N) is 3. The van der Waals surface area contributed by atoms with Crippen molar-refractivity contribution in [3.05, 3.63) is 40.7 Å². The van der Waals surface area contributed by atoms with Gasteiger partial charge in [-0.25, -0.2) is 0 Å². The Bertz CT molecular complexity index is 574. The van der Waals surface area contributed by atoms with E-state index in [1.807, 2.05) is 31.4 Å². The third-order valence-electron chi connectivity index (χ3n) is 2.86. The van der Waals surface area contributed by atoms with Crippen LogP contribution in [-0.2, 0) is 24.9 Å². The summed E-state index contributed by atoms with van der Waals surface area (Å²) in [7, 11) is 3.49. The van der Waals surface area contributed by atoms with Crippen molar-refractivity contribution in [2.45, 2.75) is 13.2 Å². The summed E-state index contributed by atoms with van der Waals surface area (Å²) in [5.74, 6) is 0.676. The molecule has 0 aliphatic heterocycles. The molecule has 7 heteroatoms. The molecule has 0 bridgehead atoms. The minimum atomic E-state index is 0.336. The van der Waals surface area contributed by atoms with Crippen LogP contribution in [0.5, 0.6) is 5.75 Å². The molecule has 0 saturated heterocycles. The molecule has 0 atom stereocenters. The molecule has 0 saturated carbocycles. The molecular formula is C14H19ClN4O2. The molecule has 114 valence electrons. The standard InChI is InChI=1S/C14H19ClN4O2/c1-19-9-12(17-18-19)10-21-14-11(4-3-5-13(14)15)8-16-6-7-20-2/h3-5,9,16H,6-8,10H2,1-2H3. The summed E-state index contributed by atoms with van der Waals surface area (Å²) in [6, 6.07) is 5.70. The van der Waals surface area contributed by atoms with E-state index < -0.39 is 0 Å². The van der Waals surface area contributed by atoms with E-state index in [0.717, 1.165) is 17.8 Å². The highest BCUT2D eigenvalue weighted by atomic mass is 35.5. The van der Waals surface area contributed by atoms with E-state index in [4.69, 9.17) is 21.1 Å². The van der Waals surface area contributed by atoms with E-state index >= 15 is 0 Å². The Hall–Kier alpha value is -1.63. The number of hydrogen-bond donors (Lipinski definition) is 1. The molecule has 1 aromatic carbocycles. The fourth-order valence-electron chi connectivity index (χ4n) is 1.86. The van der Waals surface area contributed by atoms with Gasteiger partial charge in [-0.15, -0.1) is 5.10 Å². The van der Waals surface area contributed by atoms with Gasteiger partial charge in [0.15, 0.2) is 0 Å². The number of rotatable bonds is 8. The first-order valence-electron chi connectivity index (χ1n) is 6.65. The van der Waals surface area contributed by atoms with Crippen LogP contribution in [0.4, 0.5) is 0 Å². The highest BCUT2D eigenvalue weighted by molar-refractivity contribution is 6.32. The Labute approximate surface area is 129 Å². The van der Waals surface area contributed by atoms with E-state index in [0.29, 0.717) is 30.5 Å². The van der Waals surface area contributed by atoms with Crippen LogP contribution in [0.2, 0.25) is 5.02 Å². The van der Waals surface area contributed by atoms with Gasteiger partial charge in [0.25, 0.3) is 0 Å². The average Bonchev–Trinajstić information content (AvgIpc) is 2.88. The molecule has 0 unspecified atom stereocenters. The molecule has 0 fully saturated rings. The molecule has 0 amide bonds. The highest BCUT2D eigenvalue weighted by Gasteiger charge is 2.09. The second-order valence-electron chi connectivity index (χ2n) is 4.57. The fraction of sp³-hybridized carbons (Fsp3) is 0.429. The number of aromatic nitrogens is 3. The topological polar surface area (TPSA) is 61.2 Å². The van der Waals surface area contributed by atoms with E-state index in [1.54, 1.807) is 11.8 Å². The lowest BCUT2D eigenvalue weighted by Crippen LogP contribution is -2.19. The molecule has 0 radical (unpaired) electrons. The summed E-state index contributed by atoms with van der Waals surface area (Å²) >= 11 is 6.22. The molecule has 2 rings (SSSR count). The zero-order chi connectivity index (χ0) is 15.1. The van der Waals surface area contributed by atoms with Crippen molar-refractivity contribution in [2.24, 2.45) is 7.05 Å². The first-order chi connectivity index (χ1) is 10.2. The Morgan fingerprint density at radius 3 is 2.95 bits per heavy atom. The van der Waals surface area contributed by atoms with E-state index in [9.17, 15) is 0 Å². The lowest BCUT2D eigenvalue weighted by Gasteiger charge is -2.13. The van der Waals surface area contributed by atoms with Crippen molar-refractivity contribution in [2.75, 3.05) is 20.3 Å². The second-order valence-corrected chi connectivity index (χ2v) is 4.98. The molecule has 6 nitrogen and oxygen atoms in total. The van der Waals surface area contributed by atoms with Gasteiger partial charge in [-0.2, -0.15) is 0 Å².